The van der Waals surface area contributed by atoms with Crippen LogP contribution in [0.3, 0.4) is 0 Å². The number of hydrogen-bond donors (Lipinski definition) is 3. The fourth-order valence-electron chi connectivity index (χ4n) is 3.38. The molecule has 0 fully saturated rings. The molecule has 29 heavy (non-hydrogen) atoms. The van der Waals surface area contributed by atoms with Crippen LogP contribution in [0.2, 0.25) is 0 Å². The fraction of sp³-hybridized carbons (Fsp3) is 0.286. The second kappa shape index (κ2) is 8.72. The number of aromatic nitrogens is 1. The average Bonchev–Trinajstić information content (AvgIpc) is 2.66. The number of guanidine groups is 1. The standard InChI is InChI=1S/C21H24FN5O2/c1-13-10-17(11-14(2)25-13)15-6-8-27(9-7-15)18-5-3-4-16(19(18)22)12-29-21(28)26-20(23)24/h3-6,10-11H,7-9,12H2,1-2H3,(H4,23,24,26,28). The molecule has 0 radical (unpaired) electrons. The van der Waals surface area contributed by atoms with E-state index in [4.69, 9.17) is 15.9 Å². The molecule has 3 rings (SSSR count). The third-order valence-electron chi connectivity index (χ3n) is 4.66. The highest BCUT2D eigenvalue weighted by molar-refractivity contribution is 5.90. The molecule has 1 aromatic carbocycles. The fourth-order valence-corrected chi connectivity index (χ4v) is 3.38. The van der Waals surface area contributed by atoms with Crippen molar-refractivity contribution < 1.29 is 13.9 Å². The van der Waals surface area contributed by atoms with Gasteiger partial charge in [-0.2, -0.15) is 0 Å². The van der Waals surface area contributed by atoms with Crippen LogP contribution in [0.1, 0.15) is 28.9 Å². The van der Waals surface area contributed by atoms with E-state index in [1.54, 1.807) is 18.2 Å². The maximum absolute atomic E-state index is 14.9. The summed E-state index contributed by atoms with van der Waals surface area (Å²) in [5, 5.41) is 8.99. The molecule has 0 aliphatic carbocycles. The Balaban J connectivity index is 1.71. The van der Waals surface area contributed by atoms with Crippen LogP contribution >= 0.6 is 0 Å². The zero-order valence-corrected chi connectivity index (χ0v) is 16.5. The smallest absolute Gasteiger partial charge is 0.414 e. The van der Waals surface area contributed by atoms with Crippen LogP contribution in [0, 0.1) is 25.1 Å². The van der Waals surface area contributed by atoms with Gasteiger partial charge in [-0.25, -0.2) is 9.18 Å². The third kappa shape index (κ3) is 5.10. The molecule has 0 unspecified atom stereocenters. The number of nitrogens with zero attached hydrogens (tertiary/aromatic N) is 2. The van der Waals surface area contributed by atoms with E-state index >= 15 is 0 Å². The number of alkyl carbamates (subject to hydrolysis) is 1. The van der Waals surface area contributed by atoms with E-state index < -0.39 is 17.9 Å². The summed E-state index contributed by atoms with van der Waals surface area (Å²) in [4.78, 5) is 17.8. The maximum Gasteiger partial charge on any atom is 0.414 e. The highest BCUT2D eigenvalue weighted by Crippen LogP contribution is 2.29. The molecule has 0 atom stereocenters. The van der Waals surface area contributed by atoms with Gasteiger partial charge in [0.15, 0.2) is 11.8 Å². The van der Waals surface area contributed by atoms with E-state index in [9.17, 15) is 9.18 Å². The van der Waals surface area contributed by atoms with Crippen molar-refractivity contribution in [1.82, 2.24) is 10.3 Å². The molecule has 0 saturated carbocycles. The second-order valence-corrected chi connectivity index (χ2v) is 6.93. The highest BCUT2D eigenvalue weighted by Gasteiger charge is 2.19. The summed E-state index contributed by atoms with van der Waals surface area (Å²) < 4.78 is 19.9. The van der Waals surface area contributed by atoms with Gasteiger partial charge >= 0.3 is 6.09 Å². The predicted molar refractivity (Wildman–Crippen MR) is 110 cm³/mol. The lowest BCUT2D eigenvalue weighted by molar-refractivity contribution is 0.143. The molecule has 1 aromatic heterocycles. The van der Waals surface area contributed by atoms with E-state index in [1.807, 2.05) is 24.1 Å². The van der Waals surface area contributed by atoms with Gasteiger partial charge in [-0.1, -0.05) is 18.2 Å². The third-order valence-corrected chi connectivity index (χ3v) is 4.66. The van der Waals surface area contributed by atoms with E-state index in [0.717, 1.165) is 23.4 Å². The Kier molecular flexibility index (Phi) is 6.11. The van der Waals surface area contributed by atoms with Crippen molar-refractivity contribution in [3.63, 3.8) is 0 Å². The van der Waals surface area contributed by atoms with Crippen molar-refractivity contribution in [2.75, 3.05) is 18.0 Å². The van der Waals surface area contributed by atoms with E-state index in [2.05, 4.69) is 23.2 Å². The number of rotatable bonds is 4. The van der Waals surface area contributed by atoms with Crippen molar-refractivity contribution in [3.8, 4) is 0 Å². The monoisotopic (exact) mass is 397 g/mol. The Morgan fingerprint density at radius 3 is 2.69 bits per heavy atom. The van der Waals surface area contributed by atoms with Crippen LogP contribution in [0.25, 0.3) is 5.57 Å². The molecular weight excluding hydrogens is 373 g/mol. The molecule has 7 nitrogen and oxygen atoms in total. The first-order valence-corrected chi connectivity index (χ1v) is 9.28. The minimum Gasteiger partial charge on any atom is -0.444 e. The number of nitrogens with one attached hydrogen (secondary N) is 2. The van der Waals surface area contributed by atoms with E-state index in [1.165, 1.54) is 5.57 Å². The minimum absolute atomic E-state index is 0.247. The molecule has 152 valence electrons. The van der Waals surface area contributed by atoms with Crippen molar-refractivity contribution in [3.05, 3.63) is 64.7 Å². The number of hydrogen-bond acceptors (Lipinski definition) is 5. The highest BCUT2D eigenvalue weighted by atomic mass is 19.1. The summed E-state index contributed by atoms with van der Waals surface area (Å²) >= 11 is 0. The van der Waals surface area contributed by atoms with Crippen LogP contribution in [0.15, 0.2) is 36.4 Å². The molecule has 2 aromatic rings. The van der Waals surface area contributed by atoms with Crippen molar-refractivity contribution in [2.24, 2.45) is 5.73 Å². The number of carbonyl (C=O) groups excluding carboxylic acids is 1. The van der Waals surface area contributed by atoms with Crippen molar-refractivity contribution in [1.29, 1.82) is 5.41 Å². The molecule has 1 aliphatic rings. The Hall–Kier alpha value is -3.42. The summed E-state index contributed by atoms with van der Waals surface area (Å²) in [6.45, 7) is 4.97. The van der Waals surface area contributed by atoms with Gasteiger partial charge in [-0.05, 0) is 49.6 Å². The number of halogens is 1. The zero-order valence-electron chi connectivity index (χ0n) is 16.5. The van der Waals surface area contributed by atoms with Crippen LogP contribution in [0.4, 0.5) is 14.9 Å². The van der Waals surface area contributed by atoms with Gasteiger partial charge in [0, 0.05) is 30.0 Å². The van der Waals surface area contributed by atoms with Crippen molar-refractivity contribution >= 4 is 23.3 Å². The zero-order chi connectivity index (χ0) is 21.0. The number of amides is 1. The predicted octanol–water partition coefficient (Wildman–Crippen LogP) is 3.25. The molecule has 4 N–H and O–H groups in total. The van der Waals surface area contributed by atoms with Gasteiger partial charge in [-0.3, -0.25) is 15.7 Å². The van der Waals surface area contributed by atoms with E-state index in [0.29, 0.717) is 18.8 Å². The van der Waals surface area contributed by atoms with Crippen molar-refractivity contribution in [2.45, 2.75) is 26.9 Å². The first-order valence-electron chi connectivity index (χ1n) is 9.28. The summed E-state index contributed by atoms with van der Waals surface area (Å²) in [7, 11) is 0. The second-order valence-electron chi connectivity index (χ2n) is 6.93. The number of ether oxygens (including phenoxy) is 1. The lowest BCUT2D eigenvalue weighted by Crippen LogP contribution is -2.36. The average molecular weight is 397 g/mol. The Bertz CT molecular complexity index is 953. The van der Waals surface area contributed by atoms with Crippen LogP contribution < -0.4 is 16.0 Å². The van der Waals surface area contributed by atoms with Crippen LogP contribution in [0.5, 0.6) is 0 Å². The molecule has 2 heterocycles. The number of nitrogens with two attached hydrogens (primary N) is 1. The number of aryl methyl sites for hydroxylation is 2. The Morgan fingerprint density at radius 1 is 1.34 bits per heavy atom. The largest absolute Gasteiger partial charge is 0.444 e. The Labute approximate surface area is 168 Å². The van der Waals surface area contributed by atoms with Gasteiger partial charge in [0.1, 0.15) is 6.61 Å². The molecule has 0 spiro atoms. The summed E-state index contributed by atoms with van der Waals surface area (Å²) in [5.41, 5.74) is 10.2. The molecule has 0 bridgehead atoms. The quantitative estimate of drug-likeness (QED) is 0.543. The van der Waals surface area contributed by atoms with Gasteiger partial charge in [0.05, 0.1) is 5.69 Å². The maximum atomic E-state index is 14.9. The number of anilines is 1. The van der Waals surface area contributed by atoms with Crippen LogP contribution in [-0.4, -0.2) is 30.1 Å². The normalized spacial score (nSPS) is 13.6. The molecule has 8 heteroatoms. The van der Waals surface area contributed by atoms with Gasteiger partial charge < -0.3 is 15.4 Å². The molecule has 0 saturated heterocycles. The number of benzene rings is 1. The number of pyridine rings is 1. The summed E-state index contributed by atoms with van der Waals surface area (Å²) in [6.07, 6.45) is 2.01. The lowest BCUT2D eigenvalue weighted by Gasteiger charge is -2.29. The topological polar surface area (TPSA) is 104 Å². The van der Waals surface area contributed by atoms with Gasteiger partial charge in [-0.15, -0.1) is 0 Å². The lowest BCUT2D eigenvalue weighted by atomic mass is 9.98. The van der Waals surface area contributed by atoms with Gasteiger partial charge in [0.2, 0.25) is 0 Å². The molecule has 1 aliphatic heterocycles. The summed E-state index contributed by atoms with van der Waals surface area (Å²) in [6, 6.07) is 9.15. The molecular formula is C21H24FN5O2. The first kappa shape index (κ1) is 20.3. The SMILES string of the molecule is Cc1cc(C2=CCN(c3cccc(COC(=O)NC(=N)N)c3F)CC2)cc(C)n1. The van der Waals surface area contributed by atoms with Gasteiger partial charge in [0.25, 0.3) is 0 Å². The minimum atomic E-state index is -0.893. The number of carbonyl (C=O) groups is 1. The first-order chi connectivity index (χ1) is 13.8. The van der Waals surface area contributed by atoms with E-state index in [-0.39, 0.29) is 12.2 Å². The Morgan fingerprint density at radius 2 is 2.07 bits per heavy atom. The summed E-state index contributed by atoms with van der Waals surface area (Å²) in [5.74, 6) is -0.949. The molecule has 1 amide bonds. The van der Waals surface area contributed by atoms with Crippen LogP contribution in [-0.2, 0) is 11.3 Å².